The average Bonchev–Trinajstić information content (AvgIpc) is 2.77. The van der Waals surface area contributed by atoms with E-state index in [9.17, 15) is 0 Å². The van der Waals surface area contributed by atoms with Crippen LogP contribution in [-0.4, -0.2) is 16.4 Å². The van der Waals surface area contributed by atoms with E-state index in [0.29, 0.717) is 11.6 Å². The van der Waals surface area contributed by atoms with Gasteiger partial charge in [0.15, 0.2) is 0 Å². The van der Waals surface area contributed by atoms with E-state index in [1.54, 1.807) is 4.68 Å². The zero-order chi connectivity index (χ0) is 13.8. The molecule has 0 aliphatic carbocycles. The van der Waals surface area contributed by atoms with Crippen molar-refractivity contribution in [1.29, 1.82) is 0 Å². The Morgan fingerprint density at radius 1 is 1.47 bits per heavy atom. The minimum absolute atomic E-state index is 0.105. The number of nitrogens with zero attached hydrogens (tertiary/aromatic N) is 2. The summed E-state index contributed by atoms with van der Waals surface area (Å²) in [6.07, 6.45) is 4.64. The molecule has 0 saturated heterocycles. The molecule has 0 saturated carbocycles. The van der Waals surface area contributed by atoms with Gasteiger partial charge in [-0.3, -0.25) is 4.68 Å². The first kappa shape index (κ1) is 13.9. The van der Waals surface area contributed by atoms with Crippen LogP contribution in [0, 0.1) is 0 Å². The van der Waals surface area contributed by atoms with Crippen LogP contribution in [0.5, 0.6) is 5.75 Å². The van der Waals surface area contributed by atoms with E-state index in [-0.39, 0.29) is 6.04 Å². The summed E-state index contributed by atoms with van der Waals surface area (Å²) in [4.78, 5) is 0. The summed E-state index contributed by atoms with van der Waals surface area (Å²) in [5.74, 6) is 0.795. The van der Waals surface area contributed by atoms with Crippen LogP contribution >= 0.6 is 11.6 Å². The Kier molecular flexibility index (Phi) is 4.45. The molecule has 2 aromatic rings. The Morgan fingerprint density at radius 3 is 2.89 bits per heavy atom. The lowest BCUT2D eigenvalue weighted by Crippen LogP contribution is -2.09. The summed E-state index contributed by atoms with van der Waals surface area (Å²) in [6, 6.07) is 5.43. The number of ether oxygens (including phenoxy) is 1. The topological polar surface area (TPSA) is 53.1 Å². The highest BCUT2D eigenvalue weighted by molar-refractivity contribution is 6.30. The minimum Gasteiger partial charge on any atom is -0.493 e. The van der Waals surface area contributed by atoms with Crippen molar-refractivity contribution >= 4 is 11.6 Å². The molecule has 0 amide bonds. The van der Waals surface area contributed by atoms with Gasteiger partial charge in [0.1, 0.15) is 5.75 Å². The van der Waals surface area contributed by atoms with Crippen LogP contribution in [0.25, 0.3) is 0 Å². The molecule has 0 unspecified atom stereocenters. The molecular formula is C14H18ClN3O. The number of nitrogens with two attached hydrogens (primary N) is 1. The van der Waals surface area contributed by atoms with Crippen molar-refractivity contribution in [2.24, 2.45) is 12.8 Å². The third-order valence-electron chi connectivity index (χ3n) is 2.87. The lowest BCUT2D eigenvalue weighted by atomic mass is 10.1. The summed E-state index contributed by atoms with van der Waals surface area (Å²) < 4.78 is 7.57. The molecule has 102 valence electrons. The maximum absolute atomic E-state index is 5.97. The standard InChI is InChI=1S/C14H18ClN3O/c1-10(16)13-7-12(15)3-4-14(13)19-6-5-11-8-17-18(2)9-11/h3-4,7-10H,5-6,16H2,1-2H3/t10-/m0/s1. The van der Waals surface area contributed by atoms with Crippen molar-refractivity contribution in [1.82, 2.24) is 9.78 Å². The predicted molar refractivity (Wildman–Crippen MR) is 76.5 cm³/mol. The normalized spacial score (nSPS) is 12.4. The van der Waals surface area contributed by atoms with Crippen LogP contribution in [-0.2, 0) is 13.5 Å². The Morgan fingerprint density at radius 2 is 2.26 bits per heavy atom. The fraction of sp³-hybridized carbons (Fsp3) is 0.357. The zero-order valence-electron chi connectivity index (χ0n) is 11.1. The maximum Gasteiger partial charge on any atom is 0.124 e. The average molecular weight is 280 g/mol. The molecule has 1 aromatic carbocycles. The van der Waals surface area contributed by atoms with E-state index in [1.807, 2.05) is 44.6 Å². The number of halogens is 1. The molecule has 0 radical (unpaired) electrons. The highest BCUT2D eigenvalue weighted by atomic mass is 35.5. The minimum atomic E-state index is -0.105. The third-order valence-corrected chi connectivity index (χ3v) is 3.10. The lowest BCUT2D eigenvalue weighted by molar-refractivity contribution is 0.317. The molecule has 0 bridgehead atoms. The van der Waals surface area contributed by atoms with Gasteiger partial charge in [0.05, 0.1) is 12.8 Å². The van der Waals surface area contributed by atoms with Gasteiger partial charge in [0, 0.05) is 36.3 Å². The molecule has 2 rings (SSSR count). The van der Waals surface area contributed by atoms with E-state index in [2.05, 4.69) is 5.10 Å². The van der Waals surface area contributed by atoms with E-state index in [1.165, 1.54) is 0 Å². The molecule has 19 heavy (non-hydrogen) atoms. The SMILES string of the molecule is C[C@H](N)c1cc(Cl)ccc1OCCc1cnn(C)c1. The second-order valence-corrected chi connectivity index (χ2v) is 5.03. The van der Waals surface area contributed by atoms with E-state index in [4.69, 9.17) is 22.1 Å². The summed E-state index contributed by atoms with van der Waals surface area (Å²) in [7, 11) is 1.90. The molecule has 5 heteroatoms. The molecule has 0 aliphatic rings. The largest absolute Gasteiger partial charge is 0.493 e. The van der Waals surface area contributed by atoms with Crippen LogP contribution in [0.4, 0.5) is 0 Å². The Hall–Kier alpha value is -1.52. The van der Waals surface area contributed by atoms with Crippen molar-refractivity contribution < 1.29 is 4.74 Å². The summed E-state index contributed by atoms with van der Waals surface area (Å²) in [5.41, 5.74) is 8.00. The van der Waals surface area contributed by atoms with Gasteiger partial charge in [-0.05, 0) is 30.7 Å². The number of benzene rings is 1. The monoisotopic (exact) mass is 279 g/mol. The Labute approximate surface area is 118 Å². The van der Waals surface area contributed by atoms with Crippen molar-refractivity contribution in [3.05, 3.63) is 46.7 Å². The number of hydrogen-bond acceptors (Lipinski definition) is 3. The summed E-state index contributed by atoms with van der Waals surface area (Å²) >= 11 is 5.97. The second-order valence-electron chi connectivity index (χ2n) is 4.59. The second kappa shape index (κ2) is 6.08. The Bertz CT molecular complexity index is 551. The smallest absolute Gasteiger partial charge is 0.124 e. The van der Waals surface area contributed by atoms with Crippen LogP contribution in [0.2, 0.25) is 5.02 Å². The highest BCUT2D eigenvalue weighted by Crippen LogP contribution is 2.27. The van der Waals surface area contributed by atoms with Gasteiger partial charge < -0.3 is 10.5 Å². The van der Waals surface area contributed by atoms with Crippen LogP contribution in [0.15, 0.2) is 30.6 Å². The van der Waals surface area contributed by atoms with Gasteiger partial charge >= 0.3 is 0 Å². The van der Waals surface area contributed by atoms with Crippen molar-refractivity contribution in [3.63, 3.8) is 0 Å². The molecule has 4 nitrogen and oxygen atoms in total. The first-order valence-corrected chi connectivity index (χ1v) is 6.59. The molecule has 1 heterocycles. The molecule has 0 aliphatic heterocycles. The van der Waals surface area contributed by atoms with Gasteiger partial charge in [-0.25, -0.2) is 0 Å². The molecule has 0 spiro atoms. The first-order valence-electron chi connectivity index (χ1n) is 6.21. The van der Waals surface area contributed by atoms with Crippen LogP contribution in [0.1, 0.15) is 24.1 Å². The van der Waals surface area contributed by atoms with E-state index < -0.39 is 0 Å². The van der Waals surface area contributed by atoms with Crippen molar-refractivity contribution in [2.75, 3.05) is 6.61 Å². The van der Waals surface area contributed by atoms with Crippen molar-refractivity contribution in [3.8, 4) is 5.75 Å². The molecule has 0 fully saturated rings. The highest BCUT2D eigenvalue weighted by Gasteiger charge is 2.09. The number of aromatic nitrogens is 2. The quantitative estimate of drug-likeness (QED) is 0.916. The number of aryl methyl sites for hydroxylation is 1. The number of hydrogen-bond donors (Lipinski definition) is 1. The molecule has 1 atom stereocenters. The van der Waals surface area contributed by atoms with E-state index in [0.717, 1.165) is 23.3 Å². The van der Waals surface area contributed by atoms with Crippen LogP contribution < -0.4 is 10.5 Å². The summed E-state index contributed by atoms with van der Waals surface area (Å²) in [6.45, 7) is 2.51. The van der Waals surface area contributed by atoms with Gasteiger partial charge in [-0.1, -0.05) is 11.6 Å². The van der Waals surface area contributed by atoms with Gasteiger partial charge in [0.25, 0.3) is 0 Å². The maximum atomic E-state index is 5.97. The molecular weight excluding hydrogens is 262 g/mol. The Balaban J connectivity index is 1.99. The molecule has 2 N–H and O–H groups in total. The van der Waals surface area contributed by atoms with E-state index >= 15 is 0 Å². The van der Waals surface area contributed by atoms with Gasteiger partial charge in [-0.2, -0.15) is 5.10 Å². The van der Waals surface area contributed by atoms with Gasteiger partial charge in [0.2, 0.25) is 0 Å². The fourth-order valence-electron chi connectivity index (χ4n) is 1.89. The fourth-order valence-corrected chi connectivity index (χ4v) is 2.07. The third kappa shape index (κ3) is 3.72. The first-order chi connectivity index (χ1) is 9.06. The zero-order valence-corrected chi connectivity index (χ0v) is 11.9. The van der Waals surface area contributed by atoms with Crippen LogP contribution in [0.3, 0.4) is 0 Å². The lowest BCUT2D eigenvalue weighted by Gasteiger charge is -2.14. The molecule has 1 aromatic heterocycles. The number of rotatable bonds is 5. The van der Waals surface area contributed by atoms with Crippen molar-refractivity contribution in [2.45, 2.75) is 19.4 Å². The summed E-state index contributed by atoms with van der Waals surface area (Å²) in [5, 5.41) is 4.80. The van der Waals surface area contributed by atoms with Gasteiger partial charge in [-0.15, -0.1) is 0 Å². The predicted octanol–water partition coefficient (Wildman–Crippen LogP) is 2.71.